The molecule has 0 radical (unpaired) electrons. The molecular weight excluding hydrogens is 213 g/mol. The van der Waals surface area contributed by atoms with Crippen LogP contribution in [0.25, 0.3) is 0 Å². The molecule has 0 aliphatic carbocycles. The average Bonchev–Trinajstić information content (AvgIpc) is 2.29. The number of rotatable bonds is 10. The van der Waals surface area contributed by atoms with Gasteiger partial charge >= 0.3 is 98.1 Å². The molecule has 1 nitrogen and oxygen atoms in total. The Morgan fingerprint density at radius 3 is 1.12 bits per heavy atom. The van der Waals surface area contributed by atoms with Gasteiger partial charge < -0.3 is 6.15 Å². The third kappa shape index (κ3) is 7.63. The largest absolute Gasteiger partial charge is 0.344 e. The van der Waals surface area contributed by atoms with E-state index in [1.54, 1.807) is 18.5 Å². The van der Waals surface area contributed by atoms with Crippen LogP contribution < -0.4 is 6.15 Å². The van der Waals surface area contributed by atoms with Crippen molar-refractivity contribution in [2.24, 2.45) is 0 Å². The van der Waals surface area contributed by atoms with Gasteiger partial charge in [0.25, 0.3) is 0 Å². The van der Waals surface area contributed by atoms with E-state index in [2.05, 4.69) is 27.7 Å². The Balaban J connectivity index is 0. The maximum Gasteiger partial charge on any atom is -0.344 e. The van der Waals surface area contributed by atoms with Crippen LogP contribution in [0.2, 0.25) is 0 Å². The zero-order valence-electron chi connectivity index (χ0n) is 12.3. The normalized spacial score (nSPS) is 12.2. The van der Waals surface area contributed by atoms with Crippen molar-refractivity contribution in [2.45, 2.75) is 66.2 Å². The Morgan fingerprint density at radius 1 is 0.625 bits per heavy atom. The number of hydrogen-bond acceptors (Lipinski definition) is 1. The van der Waals surface area contributed by atoms with Crippen LogP contribution in [0.15, 0.2) is 0 Å². The zero-order chi connectivity index (χ0) is 11.6. The Kier molecular flexibility index (Phi) is 13.9. The molecule has 0 atom stereocenters. The van der Waals surface area contributed by atoms with Crippen LogP contribution in [-0.2, 0) is 0 Å². The first-order valence-electron chi connectivity index (χ1n) is 7.24. The van der Waals surface area contributed by atoms with Gasteiger partial charge in [0.05, 0.1) is 0 Å². The van der Waals surface area contributed by atoms with Crippen molar-refractivity contribution < 1.29 is 0 Å². The summed E-state index contributed by atoms with van der Waals surface area (Å²) in [4.78, 5) is 0. The monoisotopic (exact) mass is 249 g/mol. The van der Waals surface area contributed by atoms with Gasteiger partial charge in [-0.25, -0.2) is 0 Å². The summed E-state index contributed by atoms with van der Waals surface area (Å²) in [5.74, 6) is 0. The first kappa shape index (κ1) is 18.7. The van der Waals surface area contributed by atoms with Crippen LogP contribution in [-0.4, -0.2) is 24.6 Å². The van der Waals surface area contributed by atoms with Crippen molar-refractivity contribution in [1.82, 2.24) is 6.15 Å². The topological polar surface area (TPSA) is 35.0 Å². The molecule has 0 unspecified atom stereocenters. The van der Waals surface area contributed by atoms with E-state index < -0.39 is 7.26 Å². The van der Waals surface area contributed by atoms with Gasteiger partial charge in [0.1, 0.15) is 0 Å². The van der Waals surface area contributed by atoms with Gasteiger partial charge in [-0.05, 0) is 0 Å². The van der Waals surface area contributed by atoms with E-state index in [9.17, 15) is 0 Å². The zero-order valence-corrected chi connectivity index (χ0v) is 13.3. The summed E-state index contributed by atoms with van der Waals surface area (Å²) in [5, 5.41) is 0. The van der Waals surface area contributed by atoms with E-state index in [4.69, 9.17) is 0 Å². The van der Waals surface area contributed by atoms with Crippen molar-refractivity contribution in [1.29, 1.82) is 0 Å². The summed E-state index contributed by atoms with van der Waals surface area (Å²) in [7, 11) is -0.832. The molecule has 0 rings (SSSR count). The summed E-state index contributed by atoms with van der Waals surface area (Å²) >= 11 is 0. The molecule has 16 heavy (non-hydrogen) atoms. The number of unbranched alkanes of at least 4 members (excludes halogenated alkanes) is 3. The van der Waals surface area contributed by atoms with E-state index >= 15 is 0 Å². The van der Waals surface area contributed by atoms with Crippen LogP contribution in [0.1, 0.15) is 66.2 Å². The van der Waals surface area contributed by atoms with Crippen LogP contribution >= 0.6 is 7.26 Å². The SMILES string of the molecule is CCCC[PH](CC)(CCCC)CCCC.N. The predicted octanol–water partition coefficient (Wildman–Crippen LogP) is 5.32. The Hall–Kier alpha value is 0.390. The van der Waals surface area contributed by atoms with Gasteiger partial charge in [0.15, 0.2) is 0 Å². The van der Waals surface area contributed by atoms with Crippen LogP contribution in [0.5, 0.6) is 0 Å². The van der Waals surface area contributed by atoms with Crippen LogP contribution in [0.4, 0.5) is 0 Å². The molecular formula is C14H36NP. The second-order valence-corrected chi connectivity index (χ2v) is 10.4. The van der Waals surface area contributed by atoms with Gasteiger partial charge in [-0.15, -0.1) is 0 Å². The molecule has 0 aliphatic heterocycles. The van der Waals surface area contributed by atoms with Crippen LogP contribution in [0, 0.1) is 0 Å². The Labute approximate surface area is 105 Å². The van der Waals surface area contributed by atoms with Crippen molar-refractivity contribution in [3.8, 4) is 0 Å². The van der Waals surface area contributed by atoms with E-state index in [1.807, 2.05) is 0 Å². The molecule has 0 fully saturated rings. The van der Waals surface area contributed by atoms with Gasteiger partial charge in [-0.3, -0.25) is 0 Å². The molecule has 2 heteroatoms. The fourth-order valence-electron chi connectivity index (χ4n) is 2.56. The molecule has 0 aromatic heterocycles. The second kappa shape index (κ2) is 11.9. The first-order valence-corrected chi connectivity index (χ1v) is 10.1. The second-order valence-electron chi connectivity index (χ2n) is 5.16. The minimum atomic E-state index is -0.832. The maximum absolute atomic E-state index is 2.47. The fourth-order valence-corrected chi connectivity index (χ4v) is 7.68. The van der Waals surface area contributed by atoms with Gasteiger partial charge in [-0.1, -0.05) is 0 Å². The molecule has 0 aromatic carbocycles. The first-order chi connectivity index (χ1) is 7.24. The molecule has 0 spiro atoms. The smallest absolute Gasteiger partial charge is 0.344 e. The van der Waals surface area contributed by atoms with Gasteiger partial charge in [0.2, 0.25) is 0 Å². The van der Waals surface area contributed by atoms with E-state index in [-0.39, 0.29) is 6.15 Å². The molecule has 0 aliphatic rings. The molecule has 3 N–H and O–H groups in total. The standard InChI is InChI=1S/C14H33P.H3N/c1-5-9-12-15(8-4,13-10-6-2)14-11-7-3;/h15H,5-14H2,1-4H3;1H3. The molecule has 0 saturated heterocycles. The fraction of sp³-hybridized carbons (Fsp3) is 1.00. The summed E-state index contributed by atoms with van der Waals surface area (Å²) in [6.45, 7) is 9.49. The van der Waals surface area contributed by atoms with Crippen molar-refractivity contribution in [2.75, 3.05) is 24.6 Å². The third-order valence-electron chi connectivity index (χ3n) is 3.93. The summed E-state index contributed by atoms with van der Waals surface area (Å²) in [6, 6.07) is 0. The summed E-state index contributed by atoms with van der Waals surface area (Å²) < 4.78 is 0. The molecule has 0 amide bonds. The minimum Gasteiger partial charge on any atom is -0.344 e. The molecule has 0 heterocycles. The average molecular weight is 249 g/mol. The molecule has 0 aromatic rings. The van der Waals surface area contributed by atoms with Crippen molar-refractivity contribution in [3.63, 3.8) is 0 Å². The Bertz CT molecular complexity index is 115. The van der Waals surface area contributed by atoms with E-state index in [0.717, 1.165) is 0 Å². The quantitative estimate of drug-likeness (QED) is 0.522. The number of hydrogen-bond donors (Lipinski definition) is 1. The summed E-state index contributed by atoms with van der Waals surface area (Å²) in [5.41, 5.74) is 0. The van der Waals surface area contributed by atoms with E-state index in [1.165, 1.54) is 44.7 Å². The molecule has 0 saturated carbocycles. The molecule has 102 valence electrons. The van der Waals surface area contributed by atoms with Crippen molar-refractivity contribution in [3.05, 3.63) is 0 Å². The maximum atomic E-state index is 2.47. The van der Waals surface area contributed by atoms with Gasteiger partial charge in [-0.2, -0.15) is 0 Å². The van der Waals surface area contributed by atoms with E-state index in [0.29, 0.717) is 0 Å². The predicted molar refractivity (Wildman–Crippen MR) is 83.2 cm³/mol. The van der Waals surface area contributed by atoms with Crippen LogP contribution in [0.3, 0.4) is 0 Å². The van der Waals surface area contributed by atoms with Gasteiger partial charge in [0, 0.05) is 0 Å². The third-order valence-corrected chi connectivity index (χ3v) is 9.67. The molecule has 0 bridgehead atoms. The minimum absolute atomic E-state index is 0. The summed E-state index contributed by atoms with van der Waals surface area (Å²) in [6.07, 6.45) is 15.0. The van der Waals surface area contributed by atoms with Crippen molar-refractivity contribution >= 4 is 7.26 Å². The Morgan fingerprint density at radius 2 is 0.938 bits per heavy atom.